The highest BCUT2D eigenvalue weighted by Gasteiger charge is 2.22. The number of nitrogens with one attached hydrogen (secondary N) is 1. The van der Waals surface area contributed by atoms with Crippen molar-refractivity contribution in [3.8, 4) is 0 Å². The van der Waals surface area contributed by atoms with Gasteiger partial charge < -0.3 is 10.2 Å². The van der Waals surface area contributed by atoms with Gasteiger partial charge >= 0.3 is 0 Å². The van der Waals surface area contributed by atoms with E-state index < -0.39 is 0 Å². The second-order valence-corrected chi connectivity index (χ2v) is 6.73. The molecule has 0 saturated heterocycles. The lowest BCUT2D eigenvalue weighted by Gasteiger charge is -2.34. The number of nitrogens with zero attached hydrogens (tertiary/aromatic N) is 1. The van der Waals surface area contributed by atoms with Gasteiger partial charge in [0.05, 0.1) is 0 Å². The molecule has 0 aromatic rings. The molecule has 1 unspecified atom stereocenters. The van der Waals surface area contributed by atoms with E-state index in [9.17, 15) is 0 Å². The van der Waals surface area contributed by atoms with Crippen LogP contribution in [0.15, 0.2) is 0 Å². The summed E-state index contributed by atoms with van der Waals surface area (Å²) in [7, 11) is 2.26. The fourth-order valence-corrected chi connectivity index (χ4v) is 2.35. The zero-order valence-electron chi connectivity index (χ0n) is 13.1. The Labute approximate surface area is 109 Å². The maximum Gasteiger partial charge on any atom is 0.00665 e. The topological polar surface area (TPSA) is 15.3 Å². The normalized spacial score (nSPS) is 14.6. The van der Waals surface area contributed by atoms with E-state index in [0.717, 1.165) is 25.6 Å². The molecule has 0 heterocycles. The molecule has 0 aromatic heterocycles. The van der Waals surface area contributed by atoms with E-state index in [1.807, 2.05) is 0 Å². The van der Waals surface area contributed by atoms with Gasteiger partial charge in [-0.1, -0.05) is 34.6 Å². The van der Waals surface area contributed by atoms with Crippen molar-refractivity contribution in [2.45, 2.75) is 60.4 Å². The van der Waals surface area contributed by atoms with Crippen LogP contribution in [0.4, 0.5) is 0 Å². The van der Waals surface area contributed by atoms with Gasteiger partial charge in [0.15, 0.2) is 0 Å². The first-order valence-corrected chi connectivity index (χ1v) is 7.19. The summed E-state index contributed by atoms with van der Waals surface area (Å²) in [5.74, 6) is 0.786. The Morgan fingerprint density at radius 3 is 2.24 bits per heavy atom. The molecule has 0 aliphatic heterocycles. The van der Waals surface area contributed by atoms with Crippen LogP contribution in [0.25, 0.3) is 0 Å². The predicted molar refractivity (Wildman–Crippen MR) is 78.5 cm³/mol. The molecule has 0 fully saturated rings. The summed E-state index contributed by atoms with van der Waals surface area (Å²) in [4.78, 5) is 2.51. The van der Waals surface area contributed by atoms with Crippen molar-refractivity contribution in [3.05, 3.63) is 0 Å². The van der Waals surface area contributed by atoms with Crippen LogP contribution in [-0.4, -0.2) is 37.6 Å². The quantitative estimate of drug-likeness (QED) is 0.624. The van der Waals surface area contributed by atoms with Gasteiger partial charge in [-0.15, -0.1) is 0 Å². The van der Waals surface area contributed by atoms with E-state index in [0.29, 0.717) is 11.5 Å². The predicted octanol–water partition coefficient (Wildman–Crippen LogP) is 3.38. The Balaban J connectivity index is 4.02. The molecular weight excluding hydrogens is 208 g/mol. The molecule has 0 bridgehead atoms. The molecule has 0 saturated carbocycles. The third kappa shape index (κ3) is 8.62. The minimum absolute atomic E-state index is 0.356. The van der Waals surface area contributed by atoms with E-state index >= 15 is 0 Å². The van der Waals surface area contributed by atoms with Gasteiger partial charge in [0.1, 0.15) is 0 Å². The third-order valence-electron chi connectivity index (χ3n) is 3.27. The maximum atomic E-state index is 3.53. The van der Waals surface area contributed by atoms with Gasteiger partial charge in [0.2, 0.25) is 0 Å². The summed E-state index contributed by atoms with van der Waals surface area (Å²) in [5, 5.41) is 3.53. The Kier molecular flexibility index (Phi) is 8.06. The van der Waals surface area contributed by atoms with Crippen LogP contribution >= 0.6 is 0 Å². The smallest absolute Gasteiger partial charge is 0.00665 e. The average Bonchev–Trinajstić information content (AvgIpc) is 2.15. The molecule has 0 amide bonds. The largest absolute Gasteiger partial charge is 0.316 e. The molecule has 2 heteroatoms. The van der Waals surface area contributed by atoms with E-state index in [-0.39, 0.29) is 0 Å². The molecule has 17 heavy (non-hydrogen) atoms. The van der Waals surface area contributed by atoms with E-state index in [1.165, 1.54) is 12.8 Å². The second kappa shape index (κ2) is 8.10. The van der Waals surface area contributed by atoms with Crippen molar-refractivity contribution in [2.24, 2.45) is 11.3 Å². The van der Waals surface area contributed by atoms with Gasteiger partial charge in [-0.3, -0.25) is 0 Å². The van der Waals surface area contributed by atoms with Crippen LogP contribution in [0.1, 0.15) is 54.4 Å². The van der Waals surface area contributed by atoms with Gasteiger partial charge in [-0.05, 0) is 44.7 Å². The zero-order chi connectivity index (χ0) is 13.5. The van der Waals surface area contributed by atoms with Crippen LogP contribution in [0.5, 0.6) is 0 Å². The minimum Gasteiger partial charge on any atom is -0.316 e. The van der Waals surface area contributed by atoms with Crippen molar-refractivity contribution in [3.63, 3.8) is 0 Å². The standard InChI is InChI=1S/C15H34N2/c1-8-9-16-11-15(5,6)12-17(7)14(4)10-13(2)3/h13-14,16H,8-12H2,1-7H3. The summed E-state index contributed by atoms with van der Waals surface area (Å²) >= 11 is 0. The molecule has 1 atom stereocenters. The second-order valence-electron chi connectivity index (χ2n) is 6.73. The van der Waals surface area contributed by atoms with Crippen molar-refractivity contribution in [1.29, 1.82) is 0 Å². The van der Waals surface area contributed by atoms with Crippen LogP contribution < -0.4 is 5.32 Å². The Bertz CT molecular complexity index is 187. The first-order valence-electron chi connectivity index (χ1n) is 7.19. The third-order valence-corrected chi connectivity index (χ3v) is 3.27. The van der Waals surface area contributed by atoms with E-state index in [4.69, 9.17) is 0 Å². The highest BCUT2D eigenvalue weighted by molar-refractivity contribution is 4.77. The van der Waals surface area contributed by atoms with Crippen molar-refractivity contribution in [1.82, 2.24) is 10.2 Å². The van der Waals surface area contributed by atoms with Crippen LogP contribution in [-0.2, 0) is 0 Å². The summed E-state index contributed by atoms with van der Waals surface area (Å²) in [6.07, 6.45) is 2.50. The Hall–Kier alpha value is -0.0800. The molecule has 2 nitrogen and oxygen atoms in total. The van der Waals surface area contributed by atoms with Crippen molar-refractivity contribution in [2.75, 3.05) is 26.7 Å². The molecule has 0 spiro atoms. The van der Waals surface area contributed by atoms with Crippen molar-refractivity contribution >= 4 is 0 Å². The van der Waals surface area contributed by atoms with Gasteiger partial charge in [-0.2, -0.15) is 0 Å². The summed E-state index contributed by atoms with van der Waals surface area (Å²) in [6.45, 7) is 17.3. The SMILES string of the molecule is CCCNCC(C)(C)CN(C)C(C)CC(C)C. The van der Waals surface area contributed by atoms with E-state index in [1.54, 1.807) is 0 Å². The summed E-state index contributed by atoms with van der Waals surface area (Å²) in [6, 6.07) is 0.681. The number of rotatable bonds is 9. The van der Waals surface area contributed by atoms with Crippen LogP contribution in [0, 0.1) is 11.3 Å². The molecule has 1 N–H and O–H groups in total. The van der Waals surface area contributed by atoms with Crippen LogP contribution in [0.2, 0.25) is 0 Å². The van der Waals surface area contributed by atoms with Crippen molar-refractivity contribution < 1.29 is 0 Å². The highest BCUT2D eigenvalue weighted by Crippen LogP contribution is 2.18. The minimum atomic E-state index is 0.356. The number of hydrogen-bond acceptors (Lipinski definition) is 2. The van der Waals surface area contributed by atoms with Gasteiger partial charge in [-0.25, -0.2) is 0 Å². The molecule has 0 aliphatic rings. The lowest BCUT2D eigenvalue weighted by molar-refractivity contribution is 0.152. The molecule has 0 rings (SSSR count). The molecule has 104 valence electrons. The average molecular weight is 242 g/mol. The van der Waals surface area contributed by atoms with Gasteiger partial charge in [0, 0.05) is 19.1 Å². The zero-order valence-corrected chi connectivity index (χ0v) is 13.1. The van der Waals surface area contributed by atoms with E-state index in [2.05, 4.69) is 58.8 Å². The molecule has 0 aromatic carbocycles. The summed E-state index contributed by atoms with van der Waals surface area (Å²) in [5.41, 5.74) is 0.356. The lowest BCUT2D eigenvalue weighted by atomic mass is 9.91. The van der Waals surface area contributed by atoms with Crippen LogP contribution in [0.3, 0.4) is 0 Å². The molecular formula is C15H34N2. The first-order chi connectivity index (χ1) is 7.78. The summed E-state index contributed by atoms with van der Waals surface area (Å²) < 4.78 is 0. The monoisotopic (exact) mass is 242 g/mol. The fourth-order valence-electron chi connectivity index (χ4n) is 2.35. The maximum absolute atomic E-state index is 3.53. The molecule has 0 aliphatic carbocycles. The Morgan fingerprint density at radius 1 is 1.18 bits per heavy atom. The molecule has 0 radical (unpaired) electrons. The fraction of sp³-hybridized carbons (Fsp3) is 1.00. The lowest BCUT2D eigenvalue weighted by Crippen LogP contribution is -2.42. The first kappa shape index (κ1) is 16.9. The highest BCUT2D eigenvalue weighted by atomic mass is 15.1. The van der Waals surface area contributed by atoms with Gasteiger partial charge in [0.25, 0.3) is 0 Å². The Morgan fingerprint density at radius 2 is 1.76 bits per heavy atom. The number of hydrogen-bond donors (Lipinski definition) is 1.